The van der Waals surface area contributed by atoms with Gasteiger partial charge >= 0.3 is 0 Å². The lowest BCUT2D eigenvalue weighted by Gasteiger charge is -2.18. The number of nitrogens with one attached hydrogen (secondary N) is 1. The molecule has 1 atom stereocenters. The summed E-state index contributed by atoms with van der Waals surface area (Å²) >= 11 is 3.19. The summed E-state index contributed by atoms with van der Waals surface area (Å²) in [7, 11) is 1.86. The maximum absolute atomic E-state index is 13.3. The molecule has 0 aromatic heterocycles. The van der Waals surface area contributed by atoms with E-state index in [4.69, 9.17) is 0 Å². The van der Waals surface area contributed by atoms with Crippen LogP contribution in [-0.4, -0.2) is 7.05 Å². The molecular weight excluding hydrogens is 324 g/mol. The van der Waals surface area contributed by atoms with E-state index < -0.39 is 0 Å². The molecule has 0 bridgehead atoms. The van der Waals surface area contributed by atoms with E-state index in [9.17, 15) is 8.78 Å². The summed E-state index contributed by atoms with van der Waals surface area (Å²) in [5, 5.41) is 3.22. The van der Waals surface area contributed by atoms with Crippen molar-refractivity contribution >= 4 is 15.9 Å². The van der Waals surface area contributed by atoms with Crippen molar-refractivity contribution in [2.45, 2.75) is 19.4 Å². The van der Waals surface area contributed by atoms with Crippen LogP contribution in [0.15, 0.2) is 40.9 Å². The number of halogens is 3. The molecule has 1 N–H and O–H groups in total. The molecule has 0 aliphatic rings. The molecular formula is C16H16BrF2N. The van der Waals surface area contributed by atoms with Gasteiger partial charge in [-0.15, -0.1) is 0 Å². The van der Waals surface area contributed by atoms with Gasteiger partial charge in [0, 0.05) is 6.04 Å². The Labute approximate surface area is 126 Å². The van der Waals surface area contributed by atoms with Crippen LogP contribution >= 0.6 is 15.9 Å². The van der Waals surface area contributed by atoms with Crippen LogP contribution < -0.4 is 5.32 Å². The third kappa shape index (κ3) is 3.44. The Balaban J connectivity index is 2.23. The lowest BCUT2D eigenvalue weighted by molar-refractivity contribution is 0.580. The van der Waals surface area contributed by atoms with Gasteiger partial charge in [0.15, 0.2) is 0 Å². The van der Waals surface area contributed by atoms with Crippen LogP contribution in [0, 0.1) is 18.6 Å². The summed E-state index contributed by atoms with van der Waals surface area (Å²) in [6, 6.07) is 10.2. The monoisotopic (exact) mass is 339 g/mol. The molecule has 2 aromatic carbocycles. The Kier molecular flexibility index (Phi) is 4.89. The van der Waals surface area contributed by atoms with Crippen molar-refractivity contribution in [3.05, 3.63) is 69.2 Å². The molecule has 0 fully saturated rings. The topological polar surface area (TPSA) is 12.0 Å². The molecule has 0 heterocycles. The van der Waals surface area contributed by atoms with Gasteiger partial charge in [0.05, 0.1) is 4.47 Å². The van der Waals surface area contributed by atoms with Gasteiger partial charge in [0.1, 0.15) is 11.6 Å². The smallest absolute Gasteiger partial charge is 0.137 e. The standard InChI is InChI=1S/C16H16BrF2N/c1-10-7-12(4-6-14(10)18)16(20-2)9-11-3-5-15(19)13(17)8-11/h3-8,16,20H,9H2,1-2H3. The Morgan fingerprint density at radius 2 is 1.80 bits per heavy atom. The van der Waals surface area contributed by atoms with E-state index in [1.54, 1.807) is 25.1 Å². The molecule has 0 spiro atoms. The molecule has 0 amide bonds. The largest absolute Gasteiger partial charge is 0.313 e. The van der Waals surface area contributed by atoms with Gasteiger partial charge in [0.2, 0.25) is 0 Å². The number of likely N-dealkylation sites (N-methyl/N-ethyl adjacent to an activating group) is 1. The SMILES string of the molecule is CNC(Cc1ccc(F)c(Br)c1)c1ccc(F)c(C)c1. The number of hydrogen-bond acceptors (Lipinski definition) is 1. The van der Waals surface area contributed by atoms with Gasteiger partial charge in [-0.25, -0.2) is 8.78 Å². The average molecular weight is 340 g/mol. The van der Waals surface area contributed by atoms with Crippen molar-refractivity contribution in [1.29, 1.82) is 0 Å². The molecule has 4 heteroatoms. The van der Waals surface area contributed by atoms with E-state index in [1.165, 1.54) is 12.1 Å². The van der Waals surface area contributed by atoms with Crippen molar-refractivity contribution in [3.8, 4) is 0 Å². The minimum absolute atomic E-state index is 0.0617. The van der Waals surface area contributed by atoms with Crippen LogP contribution in [-0.2, 0) is 6.42 Å². The van der Waals surface area contributed by atoms with Crippen LogP contribution in [0.3, 0.4) is 0 Å². The van der Waals surface area contributed by atoms with Crippen LogP contribution in [0.2, 0.25) is 0 Å². The second-order valence-electron chi connectivity index (χ2n) is 4.80. The molecule has 1 nitrogen and oxygen atoms in total. The Bertz CT molecular complexity index is 613. The molecule has 1 unspecified atom stereocenters. The van der Waals surface area contributed by atoms with Gasteiger partial charge in [-0.2, -0.15) is 0 Å². The molecule has 0 saturated carbocycles. The normalized spacial score (nSPS) is 12.4. The predicted octanol–water partition coefficient (Wildman–Crippen LogP) is 4.54. The molecule has 0 aliphatic carbocycles. The fourth-order valence-corrected chi connectivity index (χ4v) is 2.60. The third-order valence-electron chi connectivity index (χ3n) is 3.36. The molecule has 2 rings (SSSR count). The van der Waals surface area contributed by atoms with Crippen LogP contribution in [0.1, 0.15) is 22.7 Å². The number of aryl methyl sites for hydroxylation is 1. The van der Waals surface area contributed by atoms with Gasteiger partial charge in [0.25, 0.3) is 0 Å². The molecule has 0 radical (unpaired) electrons. The fourth-order valence-electron chi connectivity index (χ4n) is 2.17. The first-order chi connectivity index (χ1) is 9.51. The first kappa shape index (κ1) is 15.1. The highest BCUT2D eigenvalue weighted by Crippen LogP contribution is 2.23. The van der Waals surface area contributed by atoms with Gasteiger partial charge in [-0.05, 0) is 71.2 Å². The highest BCUT2D eigenvalue weighted by atomic mass is 79.9. The van der Waals surface area contributed by atoms with E-state index in [0.29, 0.717) is 16.5 Å². The summed E-state index contributed by atoms with van der Waals surface area (Å²) in [6.07, 6.45) is 0.709. The zero-order valence-electron chi connectivity index (χ0n) is 11.4. The maximum atomic E-state index is 13.3. The second kappa shape index (κ2) is 6.46. The number of benzene rings is 2. The van der Waals surface area contributed by atoms with Crippen LogP contribution in [0.25, 0.3) is 0 Å². The summed E-state index contributed by atoms with van der Waals surface area (Å²) in [6.45, 7) is 1.75. The molecule has 0 saturated heterocycles. The van der Waals surface area contributed by atoms with E-state index in [-0.39, 0.29) is 17.7 Å². The van der Waals surface area contributed by atoms with Crippen molar-refractivity contribution in [3.63, 3.8) is 0 Å². The van der Waals surface area contributed by atoms with Crippen molar-refractivity contribution in [2.24, 2.45) is 0 Å². The highest BCUT2D eigenvalue weighted by Gasteiger charge is 2.12. The Morgan fingerprint density at radius 3 is 2.40 bits per heavy atom. The number of hydrogen-bond donors (Lipinski definition) is 1. The predicted molar refractivity (Wildman–Crippen MR) is 80.7 cm³/mol. The minimum atomic E-state index is -0.271. The summed E-state index contributed by atoms with van der Waals surface area (Å²) in [4.78, 5) is 0. The Hall–Kier alpha value is -1.26. The van der Waals surface area contributed by atoms with Crippen LogP contribution in [0.4, 0.5) is 8.78 Å². The zero-order chi connectivity index (χ0) is 14.7. The quantitative estimate of drug-likeness (QED) is 0.862. The summed E-state index contributed by atoms with van der Waals surface area (Å²) < 4.78 is 27.0. The first-order valence-electron chi connectivity index (χ1n) is 6.38. The van der Waals surface area contributed by atoms with E-state index in [2.05, 4.69) is 21.2 Å². The second-order valence-corrected chi connectivity index (χ2v) is 5.66. The first-order valence-corrected chi connectivity index (χ1v) is 7.18. The summed E-state index contributed by atoms with van der Waals surface area (Å²) in [5.41, 5.74) is 2.66. The molecule has 2 aromatic rings. The fraction of sp³-hybridized carbons (Fsp3) is 0.250. The summed E-state index contributed by atoms with van der Waals surface area (Å²) in [5.74, 6) is -0.472. The van der Waals surface area contributed by atoms with Gasteiger partial charge < -0.3 is 5.32 Å². The van der Waals surface area contributed by atoms with Crippen molar-refractivity contribution < 1.29 is 8.78 Å². The van der Waals surface area contributed by atoms with Gasteiger partial charge in [-0.3, -0.25) is 0 Å². The molecule has 20 heavy (non-hydrogen) atoms. The molecule has 106 valence electrons. The Morgan fingerprint density at radius 1 is 1.10 bits per heavy atom. The van der Waals surface area contributed by atoms with Crippen LogP contribution in [0.5, 0.6) is 0 Å². The maximum Gasteiger partial charge on any atom is 0.137 e. The zero-order valence-corrected chi connectivity index (χ0v) is 13.0. The highest BCUT2D eigenvalue weighted by molar-refractivity contribution is 9.10. The lowest BCUT2D eigenvalue weighted by Crippen LogP contribution is -2.19. The van der Waals surface area contributed by atoms with E-state index in [0.717, 1.165) is 11.1 Å². The third-order valence-corrected chi connectivity index (χ3v) is 3.96. The van der Waals surface area contributed by atoms with Gasteiger partial charge in [-0.1, -0.05) is 18.2 Å². The van der Waals surface area contributed by atoms with Crippen molar-refractivity contribution in [2.75, 3.05) is 7.05 Å². The lowest BCUT2D eigenvalue weighted by atomic mass is 9.97. The van der Waals surface area contributed by atoms with E-state index in [1.807, 2.05) is 13.1 Å². The van der Waals surface area contributed by atoms with E-state index >= 15 is 0 Å². The molecule has 0 aliphatic heterocycles. The number of rotatable bonds is 4. The average Bonchev–Trinajstić information content (AvgIpc) is 2.43. The minimum Gasteiger partial charge on any atom is -0.313 e. The van der Waals surface area contributed by atoms with Crippen molar-refractivity contribution in [1.82, 2.24) is 5.32 Å².